The Morgan fingerprint density at radius 2 is 0.904 bits per heavy atom. The van der Waals surface area contributed by atoms with Crippen molar-refractivity contribution in [3.8, 4) is 23.0 Å². The largest absolute Gasteiger partial charge is 1.00 e. The molecule has 7 aromatic rings. The minimum Gasteiger partial charge on any atom is -0.506 e. The van der Waals surface area contributed by atoms with E-state index >= 15 is 0 Å². The average Bonchev–Trinajstić information content (AvgIpc) is 3.09. The number of halogens is 1. The molecule has 11 nitrogen and oxygen atoms in total. The van der Waals surface area contributed by atoms with Crippen molar-refractivity contribution in [1.82, 2.24) is 0 Å². The van der Waals surface area contributed by atoms with Crippen LogP contribution in [0.2, 0.25) is 5.02 Å². The van der Waals surface area contributed by atoms with Crippen molar-refractivity contribution < 1.29 is 110 Å². The van der Waals surface area contributed by atoms with Gasteiger partial charge in [-0.05, 0) is 41.1 Å². The Labute approximate surface area is 357 Å². The first-order valence-electron chi connectivity index (χ1n) is 14.5. The van der Waals surface area contributed by atoms with Crippen molar-refractivity contribution in [2.45, 2.75) is 4.90 Å². The van der Waals surface area contributed by atoms with E-state index in [-0.39, 0.29) is 116 Å². The van der Waals surface area contributed by atoms with Crippen molar-refractivity contribution in [2.75, 3.05) is 0 Å². The second kappa shape index (κ2) is 18.5. The van der Waals surface area contributed by atoms with E-state index in [9.17, 15) is 33.4 Å². The molecule has 16 heteroatoms. The van der Waals surface area contributed by atoms with Crippen LogP contribution in [0.4, 0.5) is 22.7 Å². The molecule has 250 valence electrons. The molecule has 7 rings (SSSR count). The number of fused-ring (bicyclic) bond motifs is 3. The van der Waals surface area contributed by atoms with Crippen LogP contribution in [0.5, 0.6) is 23.0 Å². The molecule has 0 fully saturated rings. The number of rotatable bonds is 5. The number of nitrogens with zero attached hydrogens (tertiary/aromatic N) is 4. The van der Waals surface area contributed by atoms with Crippen LogP contribution in [0.1, 0.15) is 0 Å². The van der Waals surface area contributed by atoms with Crippen molar-refractivity contribution in [2.24, 2.45) is 20.5 Å². The predicted molar refractivity (Wildman–Crippen MR) is 188 cm³/mol. The number of azo groups is 2. The van der Waals surface area contributed by atoms with Crippen LogP contribution >= 0.6 is 11.6 Å². The zero-order valence-corrected chi connectivity index (χ0v) is 34.4. The van der Waals surface area contributed by atoms with Gasteiger partial charge < -0.3 is 20.4 Å². The molecule has 0 atom stereocenters. The third-order valence-corrected chi connectivity index (χ3v) is 8.57. The SMILES string of the molecule is O=S(=O)(O)c1cc(O)c(N=Nc2c(O)ccc3ccccc23)c2ccccc12.Oc1ccc(Cl)cc1N=Nc1c(O)ccc2ccccc12.[Cr].[Na+].[Na+]. The van der Waals surface area contributed by atoms with Crippen LogP contribution in [-0.2, 0) is 27.5 Å². The third-order valence-electron chi connectivity index (χ3n) is 7.44. The Morgan fingerprint density at radius 3 is 1.42 bits per heavy atom. The van der Waals surface area contributed by atoms with E-state index < -0.39 is 20.8 Å². The van der Waals surface area contributed by atoms with E-state index in [2.05, 4.69) is 20.5 Å². The zero-order chi connectivity index (χ0) is 34.7. The molecule has 7 aromatic carbocycles. The van der Waals surface area contributed by atoms with Crippen LogP contribution in [-0.4, -0.2) is 33.4 Å². The Kier molecular flexibility index (Phi) is 15.2. The first kappa shape index (κ1) is 42.9. The molecular weight excluding hydrogens is 766 g/mol. The first-order chi connectivity index (χ1) is 23.5. The van der Waals surface area contributed by atoms with E-state index in [1.165, 1.54) is 24.3 Å². The van der Waals surface area contributed by atoms with Gasteiger partial charge in [0.25, 0.3) is 10.1 Å². The molecule has 0 aliphatic heterocycles. The molecule has 0 saturated heterocycles. The molecular formula is C36H25ClCrN4Na2O7S+2. The van der Waals surface area contributed by atoms with Gasteiger partial charge in [0.05, 0.1) is 0 Å². The number of hydrogen-bond acceptors (Lipinski definition) is 10. The van der Waals surface area contributed by atoms with E-state index in [0.29, 0.717) is 21.5 Å². The molecule has 0 radical (unpaired) electrons. The molecule has 0 aliphatic rings. The summed E-state index contributed by atoms with van der Waals surface area (Å²) in [5.41, 5.74) is 0.845. The first-order valence-corrected chi connectivity index (χ1v) is 16.3. The minimum atomic E-state index is -4.54. The number of hydrogen-bond donors (Lipinski definition) is 5. The van der Waals surface area contributed by atoms with Crippen molar-refractivity contribution >= 4 is 76.8 Å². The molecule has 0 heterocycles. The Balaban J connectivity index is 0.000000275. The molecule has 0 aromatic heterocycles. The van der Waals surface area contributed by atoms with Crippen molar-refractivity contribution in [3.63, 3.8) is 0 Å². The van der Waals surface area contributed by atoms with E-state index in [1.807, 2.05) is 36.4 Å². The summed E-state index contributed by atoms with van der Waals surface area (Å²) >= 11 is 5.86. The van der Waals surface area contributed by atoms with Crippen molar-refractivity contribution in [1.29, 1.82) is 0 Å². The molecule has 52 heavy (non-hydrogen) atoms. The molecule has 0 bridgehead atoms. The summed E-state index contributed by atoms with van der Waals surface area (Å²) in [6, 6.07) is 33.2. The van der Waals surface area contributed by atoms with Crippen LogP contribution in [0.25, 0.3) is 32.3 Å². The maximum Gasteiger partial charge on any atom is 1.00 e. The molecule has 0 saturated carbocycles. The molecule has 0 aliphatic carbocycles. The van der Waals surface area contributed by atoms with Gasteiger partial charge >= 0.3 is 59.1 Å². The summed E-state index contributed by atoms with van der Waals surface area (Å²) in [4.78, 5) is -0.424. The average molecular weight is 791 g/mol. The van der Waals surface area contributed by atoms with Gasteiger partial charge in [-0.2, -0.15) is 8.42 Å². The number of benzene rings is 7. The summed E-state index contributed by atoms with van der Waals surface area (Å²) in [7, 11) is -4.54. The fraction of sp³-hybridized carbons (Fsp3) is 0. The summed E-state index contributed by atoms with van der Waals surface area (Å²) in [6.07, 6.45) is 0. The molecule has 0 spiro atoms. The summed E-state index contributed by atoms with van der Waals surface area (Å²) in [5.74, 6) is -0.544. The maximum absolute atomic E-state index is 11.6. The summed E-state index contributed by atoms with van der Waals surface area (Å²) in [5, 5.41) is 60.6. The molecule has 0 unspecified atom stereocenters. The molecule has 5 N–H and O–H groups in total. The van der Waals surface area contributed by atoms with Gasteiger partial charge in [0.2, 0.25) is 0 Å². The number of phenolic OH excluding ortho intramolecular Hbond substituents is 4. The number of aromatic hydroxyl groups is 4. The fourth-order valence-corrected chi connectivity index (χ4v) is 5.99. The van der Waals surface area contributed by atoms with Gasteiger partial charge in [-0.25, -0.2) is 0 Å². The second-order valence-electron chi connectivity index (χ2n) is 10.6. The predicted octanol–water partition coefficient (Wildman–Crippen LogP) is 4.39. The zero-order valence-electron chi connectivity index (χ0n) is 27.6. The summed E-state index contributed by atoms with van der Waals surface area (Å²) < 4.78 is 32.7. The standard InChI is InChI=1S/C20H14N2O5S.C16H11ClN2O2.Cr.2Na/c23-16-10-9-12-5-1-2-6-13(12)19(16)21-22-20-15-8-4-3-7-14(15)18(11-17(20)24)28(25,26)27;17-11-6-8-14(20)13(9-11)18-19-16-12-4-2-1-3-10(12)5-7-15(16)21;;;/h1-11,23-24H,(H,25,26,27);1-9,20-21H;;;/q;;;2*+1. The van der Waals surface area contributed by atoms with E-state index in [0.717, 1.165) is 22.2 Å². The van der Waals surface area contributed by atoms with E-state index in [1.54, 1.807) is 54.6 Å². The van der Waals surface area contributed by atoms with Crippen molar-refractivity contribution in [3.05, 3.63) is 126 Å². The van der Waals surface area contributed by atoms with Crippen LogP contribution < -0.4 is 59.1 Å². The van der Waals surface area contributed by atoms with E-state index in [4.69, 9.17) is 11.6 Å². The molecule has 0 amide bonds. The monoisotopic (exact) mass is 790 g/mol. The third kappa shape index (κ3) is 9.51. The normalized spacial score (nSPS) is 11.1. The summed E-state index contributed by atoms with van der Waals surface area (Å²) in [6.45, 7) is 0. The Hall–Kier alpha value is -3.55. The van der Waals surface area contributed by atoms with Gasteiger partial charge in [-0.1, -0.05) is 96.5 Å². The van der Waals surface area contributed by atoms with Crippen LogP contribution in [0.3, 0.4) is 0 Å². The van der Waals surface area contributed by atoms with Crippen LogP contribution in [0.15, 0.2) is 147 Å². The second-order valence-corrected chi connectivity index (χ2v) is 12.4. The quantitative estimate of drug-likeness (QED) is 0.0973. The van der Waals surface area contributed by atoms with Gasteiger partial charge in [0.1, 0.15) is 50.6 Å². The van der Waals surface area contributed by atoms with Gasteiger partial charge in [0.15, 0.2) is 0 Å². The Bertz CT molecular complexity index is 2580. The fourth-order valence-electron chi connectivity index (χ4n) is 5.11. The van der Waals surface area contributed by atoms with Gasteiger partial charge in [-0.3, -0.25) is 4.55 Å². The van der Waals surface area contributed by atoms with Gasteiger partial charge in [-0.15, -0.1) is 20.5 Å². The van der Waals surface area contributed by atoms with Gasteiger partial charge in [0, 0.05) is 50.0 Å². The van der Waals surface area contributed by atoms with Crippen LogP contribution in [0, 0.1) is 0 Å². The minimum absolute atomic E-state index is 0. The topological polar surface area (TPSA) is 185 Å². The maximum atomic E-state index is 11.6. The number of phenols is 4. The smallest absolute Gasteiger partial charge is 0.506 e. The Morgan fingerprint density at radius 1 is 0.481 bits per heavy atom.